The van der Waals surface area contributed by atoms with Crippen molar-refractivity contribution >= 4 is 39.1 Å². The lowest BCUT2D eigenvalue weighted by atomic mass is 9.95. The summed E-state index contributed by atoms with van der Waals surface area (Å²) in [6.45, 7) is 1.45. The van der Waals surface area contributed by atoms with E-state index < -0.39 is 28.5 Å². The zero-order valence-electron chi connectivity index (χ0n) is 25.4. The zero-order chi connectivity index (χ0) is 31.7. The van der Waals surface area contributed by atoms with Crippen LogP contribution in [-0.4, -0.2) is 58.0 Å². The van der Waals surface area contributed by atoms with Gasteiger partial charge in [-0.05, 0) is 61.2 Å². The summed E-state index contributed by atoms with van der Waals surface area (Å²) in [7, 11) is -1.42. The molecule has 0 saturated heterocycles. The van der Waals surface area contributed by atoms with Crippen LogP contribution in [0.25, 0.3) is 0 Å². The van der Waals surface area contributed by atoms with Crippen molar-refractivity contribution in [1.29, 1.82) is 0 Å². The van der Waals surface area contributed by atoms with E-state index in [2.05, 4.69) is 5.32 Å². The molecule has 236 valence electrons. The lowest BCUT2D eigenvalue weighted by Gasteiger charge is -2.34. The Hall–Kier alpha value is -3.76. The van der Waals surface area contributed by atoms with E-state index in [-0.39, 0.29) is 34.8 Å². The molecule has 2 amide bonds. The third-order valence-corrected chi connectivity index (χ3v) is 9.89. The highest BCUT2D eigenvalue weighted by Gasteiger charge is 2.34. The van der Waals surface area contributed by atoms with Gasteiger partial charge in [0.2, 0.25) is 11.8 Å². The highest BCUT2D eigenvalue weighted by atomic mass is 35.5. The van der Waals surface area contributed by atoms with Gasteiger partial charge in [-0.25, -0.2) is 8.42 Å². The summed E-state index contributed by atoms with van der Waals surface area (Å²) < 4.78 is 40.0. The van der Waals surface area contributed by atoms with E-state index in [0.717, 1.165) is 42.0 Å². The number of nitrogens with one attached hydrogen (secondary N) is 1. The van der Waals surface area contributed by atoms with Crippen molar-refractivity contribution in [3.8, 4) is 11.5 Å². The number of rotatable bonds is 13. The topological polar surface area (TPSA) is 105 Å². The van der Waals surface area contributed by atoms with Crippen molar-refractivity contribution in [3.63, 3.8) is 0 Å². The molecule has 0 aliphatic heterocycles. The van der Waals surface area contributed by atoms with E-state index in [4.69, 9.17) is 21.1 Å². The number of hydrogen-bond acceptors (Lipinski definition) is 6. The normalized spacial score (nSPS) is 14.4. The SMILES string of the molecule is CC[C@H](C(=O)NC1CCCCC1)N(Cc1ccccc1)C(=O)CN(c1ccc(Cl)cc1)S(=O)(=O)c1ccc(OC)c(OC)c1. The van der Waals surface area contributed by atoms with Crippen LogP contribution in [0.15, 0.2) is 77.7 Å². The van der Waals surface area contributed by atoms with Crippen LogP contribution in [-0.2, 0) is 26.2 Å². The van der Waals surface area contributed by atoms with Gasteiger partial charge < -0.3 is 19.7 Å². The second-order valence-electron chi connectivity index (χ2n) is 10.8. The largest absolute Gasteiger partial charge is 0.493 e. The third kappa shape index (κ3) is 8.04. The van der Waals surface area contributed by atoms with Crippen LogP contribution < -0.4 is 19.1 Å². The molecule has 44 heavy (non-hydrogen) atoms. The van der Waals surface area contributed by atoms with E-state index >= 15 is 0 Å². The van der Waals surface area contributed by atoms with Gasteiger partial charge in [0.15, 0.2) is 11.5 Å². The Balaban J connectivity index is 1.72. The second kappa shape index (κ2) is 15.3. The molecule has 0 spiro atoms. The van der Waals surface area contributed by atoms with Gasteiger partial charge in [0, 0.05) is 23.7 Å². The molecular weight excluding hydrogens is 602 g/mol. The van der Waals surface area contributed by atoms with Crippen molar-refractivity contribution in [2.24, 2.45) is 0 Å². The van der Waals surface area contributed by atoms with Crippen molar-refractivity contribution in [3.05, 3.63) is 83.4 Å². The molecule has 0 aromatic heterocycles. The quantitative estimate of drug-likeness (QED) is 0.253. The van der Waals surface area contributed by atoms with Gasteiger partial charge in [0.1, 0.15) is 12.6 Å². The number of ether oxygens (including phenoxy) is 2. The lowest BCUT2D eigenvalue weighted by Crippen LogP contribution is -2.54. The molecule has 1 aliphatic carbocycles. The minimum atomic E-state index is -4.29. The standard InChI is InChI=1S/C33H40ClN3O6S/c1-4-29(33(39)35-26-13-9-6-10-14-26)36(22-24-11-7-5-8-12-24)32(38)23-37(27-17-15-25(34)16-18-27)44(40,41)28-19-20-30(42-2)31(21-28)43-3/h5,7-8,11-12,15-21,26,29H,4,6,9-10,13-14,22-23H2,1-3H3,(H,35,39)/t29-/m1/s1. The summed E-state index contributed by atoms with van der Waals surface area (Å²) in [5.74, 6) is -0.153. The maximum Gasteiger partial charge on any atom is 0.264 e. The number of sulfonamides is 1. The molecule has 1 aliphatic rings. The Bertz CT molecular complexity index is 1510. The number of methoxy groups -OCH3 is 2. The molecule has 0 radical (unpaired) electrons. The predicted octanol–water partition coefficient (Wildman–Crippen LogP) is 5.81. The molecule has 11 heteroatoms. The third-order valence-electron chi connectivity index (χ3n) is 7.87. The van der Waals surface area contributed by atoms with Crippen LogP contribution in [0.2, 0.25) is 5.02 Å². The molecule has 9 nitrogen and oxygen atoms in total. The fourth-order valence-electron chi connectivity index (χ4n) is 5.48. The first-order valence-electron chi connectivity index (χ1n) is 14.8. The van der Waals surface area contributed by atoms with Gasteiger partial charge in [-0.15, -0.1) is 0 Å². The molecule has 4 rings (SSSR count). The molecule has 1 atom stereocenters. The van der Waals surface area contributed by atoms with Crippen molar-refractivity contribution < 1.29 is 27.5 Å². The van der Waals surface area contributed by atoms with Crippen molar-refractivity contribution in [2.45, 2.75) is 69.0 Å². The summed E-state index contributed by atoms with van der Waals surface area (Å²) in [5, 5.41) is 3.57. The van der Waals surface area contributed by atoms with Crippen LogP contribution >= 0.6 is 11.6 Å². The number of hydrogen-bond donors (Lipinski definition) is 1. The number of carbonyl (C=O) groups is 2. The van der Waals surface area contributed by atoms with Crippen LogP contribution in [0.3, 0.4) is 0 Å². The number of carbonyl (C=O) groups excluding carboxylic acids is 2. The Morgan fingerprint density at radius 1 is 0.932 bits per heavy atom. The fraction of sp³-hybridized carbons (Fsp3) is 0.394. The maximum absolute atomic E-state index is 14.3. The average molecular weight is 642 g/mol. The first-order valence-corrected chi connectivity index (χ1v) is 16.6. The molecule has 3 aromatic carbocycles. The summed E-state index contributed by atoms with van der Waals surface area (Å²) in [4.78, 5) is 29.3. The van der Waals surface area contributed by atoms with Crippen LogP contribution in [0.4, 0.5) is 5.69 Å². The lowest BCUT2D eigenvalue weighted by molar-refractivity contribution is -0.140. The predicted molar refractivity (Wildman–Crippen MR) is 172 cm³/mol. The van der Waals surface area contributed by atoms with Gasteiger partial charge in [-0.3, -0.25) is 13.9 Å². The van der Waals surface area contributed by atoms with E-state index in [0.29, 0.717) is 17.2 Å². The number of nitrogens with zero attached hydrogens (tertiary/aromatic N) is 2. The van der Waals surface area contributed by atoms with Crippen molar-refractivity contribution in [2.75, 3.05) is 25.1 Å². The van der Waals surface area contributed by atoms with Crippen LogP contribution in [0.5, 0.6) is 11.5 Å². The molecule has 1 N–H and O–H groups in total. The molecule has 0 bridgehead atoms. The van der Waals surface area contributed by atoms with Gasteiger partial charge in [0.05, 0.1) is 24.8 Å². The van der Waals surface area contributed by atoms with Crippen LogP contribution in [0.1, 0.15) is 51.0 Å². The van der Waals surface area contributed by atoms with Crippen molar-refractivity contribution in [1.82, 2.24) is 10.2 Å². The minimum absolute atomic E-state index is 0.0648. The summed E-state index contributed by atoms with van der Waals surface area (Å²) in [6, 6.07) is 19.1. The van der Waals surface area contributed by atoms with Gasteiger partial charge >= 0.3 is 0 Å². The Labute approximate surface area is 265 Å². The first-order chi connectivity index (χ1) is 21.2. The Morgan fingerprint density at radius 2 is 1.59 bits per heavy atom. The van der Waals surface area contributed by atoms with Gasteiger partial charge in [-0.2, -0.15) is 0 Å². The number of benzene rings is 3. The monoisotopic (exact) mass is 641 g/mol. The van der Waals surface area contributed by atoms with E-state index in [1.807, 2.05) is 37.3 Å². The Kier molecular flexibility index (Phi) is 11.5. The highest BCUT2D eigenvalue weighted by Crippen LogP contribution is 2.33. The molecule has 0 unspecified atom stereocenters. The smallest absolute Gasteiger partial charge is 0.264 e. The van der Waals surface area contributed by atoms with E-state index in [1.165, 1.54) is 37.3 Å². The first kappa shape index (κ1) is 33.1. The number of halogens is 1. The molecule has 1 saturated carbocycles. The summed E-state index contributed by atoms with van der Waals surface area (Å²) in [5.41, 5.74) is 1.07. The van der Waals surface area contributed by atoms with Gasteiger partial charge in [0.25, 0.3) is 10.0 Å². The highest BCUT2D eigenvalue weighted by molar-refractivity contribution is 7.92. The molecule has 3 aromatic rings. The summed E-state index contributed by atoms with van der Waals surface area (Å²) in [6.07, 6.45) is 5.43. The van der Waals surface area contributed by atoms with Gasteiger partial charge in [-0.1, -0.05) is 68.1 Å². The number of anilines is 1. The molecular formula is C33H40ClN3O6S. The van der Waals surface area contributed by atoms with Crippen LogP contribution in [0, 0.1) is 0 Å². The molecule has 0 heterocycles. The fourth-order valence-corrected chi connectivity index (χ4v) is 7.04. The Morgan fingerprint density at radius 3 is 2.20 bits per heavy atom. The van der Waals surface area contributed by atoms with E-state index in [1.54, 1.807) is 24.3 Å². The second-order valence-corrected chi connectivity index (χ2v) is 13.1. The number of amides is 2. The minimum Gasteiger partial charge on any atom is -0.493 e. The average Bonchev–Trinajstić information content (AvgIpc) is 3.04. The summed E-state index contributed by atoms with van der Waals surface area (Å²) >= 11 is 6.12. The molecule has 1 fully saturated rings. The van der Waals surface area contributed by atoms with E-state index in [9.17, 15) is 18.0 Å². The zero-order valence-corrected chi connectivity index (χ0v) is 26.9. The maximum atomic E-state index is 14.3.